The van der Waals surface area contributed by atoms with Crippen molar-refractivity contribution < 1.29 is 39.6 Å². The molecular formula is C21H21NO8. The lowest BCUT2D eigenvalue weighted by Crippen LogP contribution is -2.76. The van der Waals surface area contributed by atoms with E-state index in [1.54, 1.807) is 17.4 Å². The van der Waals surface area contributed by atoms with E-state index in [9.17, 15) is 39.6 Å². The summed E-state index contributed by atoms with van der Waals surface area (Å²) >= 11 is 0. The molecule has 5 N–H and O–H groups in total. The number of ketones is 2. The van der Waals surface area contributed by atoms with Gasteiger partial charge in [0.15, 0.2) is 12.1 Å². The van der Waals surface area contributed by atoms with Crippen molar-refractivity contribution >= 4 is 23.8 Å². The first-order valence-corrected chi connectivity index (χ1v) is 8.83. The van der Waals surface area contributed by atoms with Crippen LogP contribution in [0.25, 0.3) is 0 Å². The number of Topliss-reactive ketones (excluding diaryl/α,β-unsaturated/α-hetero) is 2. The summed E-state index contributed by atoms with van der Waals surface area (Å²) in [5.41, 5.74) is -7.15. The van der Waals surface area contributed by atoms with Gasteiger partial charge in [0, 0.05) is 18.1 Å². The average Bonchev–Trinajstić information content (AvgIpc) is 2.76. The van der Waals surface area contributed by atoms with E-state index in [4.69, 9.17) is 0 Å². The Bertz CT molecular complexity index is 933. The van der Waals surface area contributed by atoms with E-state index >= 15 is 0 Å². The fourth-order valence-electron chi connectivity index (χ4n) is 2.93. The summed E-state index contributed by atoms with van der Waals surface area (Å²) in [5.74, 6) is -3.50. The van der Waals surface area contributed by atoms with Crippen LogP contribution in [0.2, 0.25) is 0 Å². The molecule has 0 saturated carbocycles. The van der Waals surface area contributed by atoms with Crippen LogP contribution in [0.5, 0.6) is 0 Å². The lowest BCUT2D eigenvalue weighted by Gasteiger charge is -2.43. The maximum Gasteiger partial charge on any atom is 0.233 e. The second-order valence-electron chi connectivity index (χ2n) is 6.65. The largest absolute Gasteiger partial charge is 0.385 e. The van der Waals surface area contributed by atoms with E-state index in [0.29, 0.717) is 0 Å². The molecule has 0 aromatic heterocycles. The summed E-state index contributed by atoms with van der Waals surface area (Å²) in [7, 11) is 0. The first-order valence-electron chi connectivity index (χ1n) is 8.83. The van der Waals surface area contributed by atoms with Crippen molar-refractivity contribution in [2.24, 2.45) is 0 Å². The summed E-state index contributed by atoms with van der Waals surface area (Å²) in [6, 6.07) is 14.0. The van der Waals surface area contributed by atoms with Crippen molar-refractivity contribution in [3.63, 3.8) is 0 Å². The van der Waals surface area contributed by atoms with Crippen LogP contribution in [0, 0.1) is 0 Å². The maximum absolute atomic E-state index is 12.8. The van der Waals surface area contributed by atoms with Crippen molar-refractivity contribution in [2.75, 3.05) is 0 Å². The van der Waals surface area contributed by atoms with Gasteiger partial charge in [-0.1, -0.05) is 60.7 Å². The van der Waals surface area contributed by atoms with Crippen LogP contribution in [-0.2, 0) is 9.59 Å². The minimum absolute atomic E-state index is 0.0572. The number of rotatable bonds is 9. The molecule has 4 atom stereocenters. The van der Waals surface area contributed by atoms with E-state index in [-0.39, 0.29) is 17.4 Å². The molecule has 0 saturated heterocycles. The van der Waals surface area contributed by atoms with E-state index in [2.05, 4.69) is 0 Å². The third-order valence-electron chi connectivity index (χ3n) is 4.55. The highest BCUT2D eigenvalue weighted by atomic mass is 16.4. The second kappa shape index (κ2) is 9.06. The summed E-state index contributed by atoms with van der Waals surface area (Å²) in [5, 5.41) is 44.4. The Kier molecular flexibility index (Phi) is 6.96. The van der Waals surface area contributed by atoms with Crippen molar-refractivity contribution in [1.29, 1.82) is 0 Å². The van der Waals surface area contributed by atoms with E-state index < -0.39 is 41.0 Å². The minimum Gasteiger partial charge on any atom is -0.385 e. The van der Waals surface area contributed by atoms with Gasteiger partial charge in [0.25, 0.3) is 0 Å². The number of nitrogens with one attached hydrogen (secondary N) is 1. The monoisotopic (exact) mass is 415 g/mol. The third-order valence-corrected chi connectivity index (χ3v) is 4.55. The molecule has 2 rings (SSSR count). The van der Waals surface area contributed by atoms with E-state index in [1.807, 2.05) is 0 Å². The molecule has 2 aromatic rings. The molecule has 9 nitrogen and oxygen atoms in total. The molecule has 1 unspecified atom stereocenters. The highest BCUT2D eigenvalue weighted by Crippen LogP contribution is 2.29. The number of hydrogen-bond acceptors (Lipinski definition) is 8. The molecular weight excluding hydrogens is 394 g/mol. The second-order valence-corrected chi connectivity index (χ2v) is 6.65. The molecule has 1 amide bonds. The first-order chi connectivity index (χ1) is 14.1. The van der Waals surface area contributed by atoms with Crippen molar-refractivity contribution in [3.8, 4) is 0 Å². The summed E-state index contributed by atoms with van der Waals surface area (Å²) < 4.78 is 0. The Hall–Kier alpha value is -3.24. The number of hydrogen-bond donors (Lipinski definition) is 5. The molecule has 2 aromatic carbocycles. The zero-order valence-electron chi connectivity index (χ0n) is 15.9. The quantitative estimate of drug-likeness (QED) is 0.154. The smallest absolute Gasteiger partial charge is 0.233 e. The molecule has 0 radical (unpaired) electrons. The predicted octanol–water partition coefficient (Wildman–Crippen LogP) is -0.771. The normalized spacial score (nSPS) is 17.0. The van der Waals surface area contributed by atoms with Gasteiger partial charge in [-0.25, -0.2) is 0 Å². The van der Waals surface area contributed by atoms with E-state index in [0.717, 1.165) is 6.92 Å². The van der Waals surface area contributed by atoms with Crippen LogP contribution in [0.15, 0.2) is 60.7 Å². The Balaban J connectivity index is 2.53. The average molecular weight is 415 g/mol. The number of aliphatic hydroxyl groups excluding tert-OH is 2. The zero-order chi connectivity index (χ0) is 22.5. The minimum atomic E-state index is -3.43. The molecule has 0 bridgehead atoms. The molecule has 0 aliphatic rings. The molecule has 0 aliphatic heterocycles. The van der Waals surface area contributed by atoms with Gasteiger partial charge in [0.1, 0.15) is 12.2 Å². The lowest BCUT2D eigenvalue weighted by atomic mass is 9.78. The standard InChI is InChI=1S/C21H21NO8/c1-13(24)22-21(30,19(28)17(26)16(25)14-8-4-2-5-9-14)20(29,12-23)18(27)15-10-6-3-7-11-15/h2-12,17,19,26,28-30H,1H3,(H,22,24)/t17?,19-,20-,21-/m1/s1. The van der Waals surface area contributed by atoms with Crippen LogP contribution in [-0.4, -0.2) is 67.7 Å². The fraction of sp³-hybridized carbons (Fsp3) is 0.238. The molecule has 158 valence electrons. The lowest BCUT2D eigenvalue weighted by molar-refractivity contribution is -0.207. The molecule has 0 heterocycles. The molecule has 0 aliphatic carbocycles. The van der Waals surface area contributed by atoms with Gasteiger partial charge in [-0.05, 0) is 0 Å². The zero-order valence-corrected chi connectivity index (χ0v) is 15.9. The third kappa shape index (κ3) is 4.19. The Labute approximate surface area is 171 Å². The van der Waals surface area contributed by atoms with Crippen molar-refractivity contribution in [2.45, 2.75) is 30.5 Å². The Morgan fingerprint density at radius 2 is 1.37 bits per heavy atom. The number of carbonyl (C=O) groups excluding carboxylic acids is 4. The van der Waals surface area contributed by atoms with Crippen molar-refractivity contribution in [1.82, 2.24) is 5.32 Å². The topological polar surface area (TPSA) is 161 Å². The van der Waals surface area contributed by atoms with Gasteiger partial charge < -0.3 is 25.7 Å². The number of benzene rings is 2. The van der Waals surface area contributed by atoms with Gasteiger partial charge in [-0.15, -0.1) is 0 Å². The number of carbonyl (C=O) groups is 4. The van der Waals surface area contributed by atoms with Crippen LogP contribution in [0.1, 0.15) is 27.6 Å². The summed E-state index contributed by atoms with van der Waals surface area (Å²) in [6.45, 7) is 0.876. The number of aldehydes is 1. The Morgan fingerprint density at radius 1 is 0.900 bits per heavy atom. The van der Waals surface area contributed by atoms with Crippen LogP contribution in [0.3, 0.4) is 0 Å². The van der Waals surface area contributed by atoms with Gasteiger partial charge in [-0.3, -0.25) is 19.2 Å². The first kappa shape index (κ1) is 23.0. The highest BCUT2D eigenvalue weighted by Gasteiger charge is 2.62. The molecule has 9 heteroatoms. The van der Waals surface area contributed by atoms with Crippen molar-refractivity contribution in [3.05, 3.63) is 71.8 Å². The number of amides is 1. The highest BCUT2D eigenvalue weighted by molar-refractivity contribution is 6.13. The SMILES string of the molecule is CC(=O)N[C@@](O)([C@H](O)C(O)C(=O)c1ccccc1)[C@@](O)(C=O)C(=O)c1ccccc1. The number of aliphatic hydroxyl groups is 4. The van der Waals surface area contributed by atoms with Gasteiger partial charge >= 0.3 is 0 Å². The van der Waals surface area contributed by atoms with Gasteiger partial charge in [0.2, 0.25) is 23.0 Å². The van der Waals surface area contributed by atoms with Crippen LogP contribution < -0.4 is 5.32 Å². The Morgan fingerprint density at radius 3 is 1.80 bits per heavy atom. The predicted molar refractivity (Wildman–Crippen MR) is 103 cm³/mol. The maximum atomic E-state index is 12.8. The molecule has 0 spiro atoms. The van der Waals surface area contributed by atoms with Gasteiger partial charge in [-0.2, -0.15) is 0 Å². The summed E-state index contributed by atoms with van der Waals surface area (Å²) in [6.07, 6.45) is -5.43. The van der Waals surface area contributed by atoms with Crippen LogP contribution in [0.4, 0.5) is 0 Å². The van der Waals surface area contributed by atoms with E-state index in [1.165, 1.54) is 48.5 Å². The molecule has 30 heavy (non-hydrogen) atoms. The van der Waals surface area contributed by atoms with Crippen LogP contribution >= 0.6 is 0 Å². The van der Waals surface area contributed by atoms with Gasteiger partial charge in [0.05, 0.1) is 0 Å². The fourth-order valence-corrected chi connectivity index (χ4v) is 2.93. The molecule has 0 fully saturated rings. The summed E-state index contributed by atoms with van der Waals surface area (Å²) in [4.78, 5) is 48.7.